The first-order chi connectivity index (χ1) is 10.2. The van der Waals surface area contributed by atoms with Gasteiger partial charge in [0.1, 0.15) is 13.2 Å². The average Bonchev–Trinajstić information content (AvgIpc) is 2.91. The second kappa shape index (κ2) is 8.09. The summed E-state index contributed by atoms with van der Waals surface area (Å²) in [4.78, 5) is 18.3. The molecule has 0 saturated carbocycles. The number of aromatic nitrogens is 2. The van der Waals surface area contributed by atoms with Crippen molar-refractivity contribution in [2.24, 2.45) is 0 Å². The van der Waals surface area contributed by atoms with E-state index in [1.54, 1.807) is 6.92 Å². The van der Waals surface area contributed by atoms with Gasteiger partial charge in [-0.3, -0.25) is 4.79 Å². The van der Waals surface area contributed by atoms with E-state index in [1.165, 1.54) is 0 Å². The van der Waals surface area contributed by atoms with Crippen LogP contribution >= 0.6 is 0 Å². The highest BCUT2D eigenvalue weighted by molar-refractivity contribution is 5.77. The Hall–Kier alpha value is -1.47. The van der Waals surface area contributed by atoms with E-state index in [-0.39, 0.29) is 19.1 Å². The van der Waals surface area contributed by atoms with Gasteiger partial charge in [0, 0.05) is 12.6 Å². The van der Waals surface area contributed by atoms with Crippen molar-refractivity contribution in [2.75, 3.05) is 26.2 Å². The Morgan fingerprint density at radius 1 is 1.48 bits per heavy atom. The van der Waals surface area contributed by atoms with E-state index in [0.717, 1.165) is 38.9 Å². The van der Waals surface area contributed by atoms with Crippen LogP contribution in [0.15, 0.2) is 4.52 Å². The highest BCUT2D eigenvalue weighted by Gasteiger charge is 2.24. The van der Waals surface area contributed by atoms with Crippen LogP contribution in [0.2, 0.25) is 0 Å². The van der Waals surface area contributed by atoms with Gasteiger partial charge < -0.3 is 19.5 Å². The smallest absolute Gasteiger partial charge is 0.252 e. The lowest BCUT2D eigenvalue weighted by Gasteiger charge is -2.34. The molecule has 1 N–H and O–H groups in total. The third-order valence-electron chi connectivity index (χ3n) is 3.56. The van der Waals surface area contributed by atoms with Gasteiger partial charge in [0.05, 0.1) is 0 Å². The van der Waals surface area contributed by atoms with E-state index in [1.807, 2.05) is 4.90 Å². The molecule has 1 saturated heterocycles. The number of ether oxygens (including phenoxy) is 1. The molecule has 7 heteroatoms. The van der Waals surface area contributed by atoms with E-state index >= 15 is 0 Å². The predicted octanol–water partition coefficient (Wildman–Crippen LogP) is 0.885. The number of carbonyl (C=O) groups excluding carboxylic acids is 1. The number of carbonyl (C=O) groups is 1. The molecule has 0 aromatic carbocycles. The zero-order valence-corrected chi connectivity index (χ0v) is 12.8. The number of hydrogen-bond acceptors (Lipinski definition) is 6. The molecule has 0 spiro atoms. The Morgan fingerprint density at radius 2 is 2.24 bits per heavy atom. The molecule has 0 aliphatic carbocycles. The Balaban J connectivity index is 1.80. The minimum absolute atomic E-state index is 0.0417. The summed E-state index contributed by atoms with van der Waals surface area (Å²) in [7, 11) is 0. The Labute approximate surface area is 125 Å². The van der Waals surface area contributed by atoms with Gasteiger partial charge in [0.25, 0.3) is 5.89 Å². The van der Waals surface area contributed by atoms with Crippen molar-refractivity contribution in [3.05, 3.63) is 11.7 Å². The summed E-state index contributed by atoms with van der Waals surface area (Å²) in [5.74, 6) is 1.02. The van der Waals surface area contributed by atoms with E-state index in [2.05, 4.69) is 22.4 Å². The van der Waals surface area contributed by atoms with Crippen LogP contribution in [0.25, 0.3) is 0 Å². The SMILES string of the molecule is CCCN(C(=O)COCc1nc(C)no1)C1CCNCC1. The average molecular weight is 296 g/mol. The molecule has 0 radical (unpaired) electrons. The van der Waals surface area contributed by atoms with Gasteiger partial charge in [-0.05, 0) is 39.3 Å². The molecule has 7 nitrogen and oxygen atoms in total. The van der Waals surface area contributed by atoms with Crippen LogP contribution in [0, 0.1) is 6.92 Å². The molecular weight excluding hydrogens is 272 g/mol. The number of nitrogens with zero attached hydrogens (tertiary/aromatic N) is 3. The molecule has 1 amide bonds. The number of amides is 1. The molecule has 0 bridgehead atoms. The standard InChI is InChI=1S/C14H24N4O3/c1-3-8-18(12-4-6-15-7-5-12)14(19)10-20-9-13-16-11(2)17-21-13/h12,15H,3-10H2,1-2H3. The third-order valence-corrected chi connectivity index (χ3v) is 3.56. The summed E-state index contributed by atoms with van der Waals surface area (Å²) in [5.41, 5.74) is 0. The van der Waals surface area contributed by atoms with E-state index in [0.29, 0.717) is 17.8 Å². The van der Waals surface area contributed by atoms with Crippen LogP contribution in [-0.2, 0) is 16.1 Å². The van der Waals surface area contributed by atoms with Crippen LogP contribution in [0.3, 0.4) is 0 Å². The first kappa shape index (κ1) is 15.9. The molecule has 1 fully saturated rings. The van der Waals surface area contributed by atoms with Crippen molar-refractivity contribution in [3.63, 3.8) is 0 Å². The first-order valence-corrected chi connectivity index (χ1v) is 7.57. The molecule has 0 unspecified atom stereocenters. The van der Waals surface area contributed by atoms with Crippen LogP contribution < -0.4 is 5.32 Å². The topological polar surface area (TPSA) is 80.5 Å². The molecule has 118 valence electrons. The second-order valence-corrected chi connectivity index (χ2v) is 5.30. The van der Waals surface area contributed by atoms with Crippen molar-refractivity contribution in [3.8, 4) is 0 Å². The van der Waals surface area contributed by atoms with E-state index < -0.39 is 0 Å². The quantitative estimate of drug-likeness (QED) is 0.804. The fraction of sp³-hybridized carbons (Fsp3) is 0.786. The van der Waals surface area contributed by atoms with Crippen LogP contribution in [0.5, 0.6) is 0 Å². The fourth-order valence-corrected chi connectivity index (χ4v) is 2.58. The van der Waals surface area contributed by atoms with Gasteiger partial charge in [0.15, 0.2) is 5.82 Å². The van der Waals surface area contributed by atoms with Gasteiger partial charge >= 0.3 is 0 Å². The fourth-order valence-electron chi connectivity index (χ4n) is 2.58. The summed E-state index contributed by atoms with van der Waals surface area (Å²) in [6.07, 6.45) is 2.97. The van der Waals surface area contributed by atoms with Crippen molar-refractivity contribution < 1.29 is 14.1 Å². The van der Waals surface area contributed by atoms with Gasteiger partial charge in [0.2, 0.25) is 5.91 Å². The lowest BCUT2D eigenvalue weighted by atomic mass is 10.0. The summed E-state index contributed by atoms with van der Waals surface area (Å²) >= 11 is 0. The second-order valence-electron chi connectivity index (χ2n) is 5.30. The largest absolute Gasteiger partial charge is 0.362 e. The Morgan fingerprint density at radius 3 is 2.86 bits per heavy atom. The molecule has 2 rings (SSSR count). The summed E-state index contributed by atoms with van der Waals surface area (Å²) in [6.45, 7) is 6.80. The Bertz CT molecular complexity index is 443. The van der Waals surface area contributed by atoms with Gasteiger partial charge in [-0.1, -0.05) is 12.1 Å². The van der Waals surface area contributed by atoms with Crippen LogP contribution in [0.4, 0.5) is 0 Å². The zero-order valence-electron chi connectivity index (χ0n) is 12.8. The van der Waals surface area contributed by atoms with Crippen molar-refractivity contribution in [2.45, 2.75) is 45.8 Å². The number of rotatable bonds is 7. The minimum atomic E-state index is 0.0417. The number of nitrogens with one attached hydrogen (secondary N) is 1. The molecule has 1 aromatic rings. The lowest BCUT2D eigenvalue weighted by Crippen LogP contribution is -2.47. The van der Waals surface area contributed by atoms with Crippen molar-refractivity contribution in [1.29, 1.82) is 0 Å². The molecule has 0 atom stereocenters. The van der Waals surface area contributed by atoms with Crippen LogP contribution in [0.1, 0.15) is 37.9 Å². The van der Waals surface area contributed by atoms with Gasteiger partial charge in [-0.25, -0.2) is 0 Å². The Kier molecular flexibility index (Phi) is 6.13. The van der Waals surface area contributed by atoms with E-state index in [4.69, 9.17) is 9.26 Å². The lowest BCUT2D eigenvalue weighted by molar-refractivity contribution is -0.139. The predicted molar refractivity (Wildman–Crippen MR) is 76.6 cm³/mol. The van der Waals surface area contributed by atoms with Crippen molar-refractivity contribution in [1.82, 2.24) is 20.4 Å². The minimum Gasteiger partial charge on any atom is -0.362 e. The maximum absolute atomic E-state index is 12.3. The summed E-state index contributed by atoms with van der Waals surface area (Å²) in [5, 5.41) is 7.00. The maximum atomic E-state index is 12.3. The maximum Gasteiger partial charge on any atom is 0.252 e. The first-order valence-electron chi connectivity index (χ1n) is 7.57. The van der Waals surface area contributed by atoms with Crippen LogP contribution in [-0.4, -0.2) is 53.2 Å². The van der Waals surface area contributed by atoms with E-state index in [9.17, 15) is 4.79 Å². The number of aryl methyl sites for hydroxylation is 1. The monoisotopic (exact) mass is 296 g/mol. The molecular formula is C14H24N4O3. The van der Waals surface area contributed by atoms with Crippen molar-refractivity contribution >= 4 is 5.91 Å². The normalized spacial score (nSPS) is 16.1. The number of hydrogen-bond donors (Lipinski definition) is 1. The molecule has 1 aliphatic heterocycles. The van der Waals surface area contributed by atoms with Gasteiger partial charge in [-0.15, -0.1) is 0 Å². The highest BCUT2D eigenvalue weighted by Crippen LogP contribution is 2.13. The summed E-state index contributed by atoms with van der Waals surface area (Å²) < 4.78 is 10.4. The van der Waals surface area contributed by atoms with Gasteiger partial charge in [-0.2, -0.15) is 4.98 Å². The molecule has 1 aromatic heterocycles. The highest BCUT2D eigenvalue weighted by atomic mass is 16.5. The zero-order chi connectivity index (χ0) is 15.1. The summed E-state index contributed by atoms with van der Waals surface area (Å²) in [6, 6.07) is 0.327. The number of piperidine rings is 1. The third kappa shape index (κ3) is 4.78. The molecule has 2 heterocycles. The molecule has 1 aliphatic rings. The molecule has 21 heavy (non-hydrogen) atoms.